The van der Waals surface area contributed by atoms with Gasteiger partial charge in [0.15, 0.2) is 0 Å². The lowest BCUT2D eigenvalue weighted by molar-refractivity contribution is -0.118. The number of benzene rings is 1. The van der Waals surface area contributed by atoms with Crippen molar-refractivity contribution in [1.82, 2.24) is 9.55 Å². The van der Waals surface area contributed by atoms with E-state index in [0.29, 0.717) is 29.4 Å². The van der Waals surface area contributed by atoms with Crippen molar-refractivity contribution in [3.05, 3.63) is 28.0 Å². The molecule has 0 spiro atoms. The minimum absolute atomic E-state index is 0.256. The lowest BCUT2D eigenvalue weighted by atomic mass is 10.2. The first-order chi connectivity index (χ1) is 9.40. The Labute approximate surface area is 131 Å². The van der Waals surface area contributed by atoms with Crippen molar-refractivity contribution in [2.45, 2.75) is 31.7 Å². The first kappa shape index (κ1) is 15.4. The minimum Gasteiger partial charge on any atom is -0.370 e. The molecule has 1 amide bonds. The van der Waals surface area contributed by atoms with Gasteiger partial charge >= 0.3 is 0 Å². The lowest BCUT2D eigenvalue weighted by Crippen LogP contribution is -2.12. The second-order valence-corrected chi connectivity index (χ2v) is 6.03. The van der Waals surface area contributed by atoms with Gasteiger partial charge in [-0.05, 0) is 25.5 Å². The Morgan fingerprint density at radius 2 is 2.05 bits per heavy atom. The summed E-state index contributed by atoms with van der Waals surface area (Å²) < 4.78 is 1.96. The number of carbonyl (C=O) groups is 1. The molecule has 0 bridgehead atoms. The summed E-state index contributed by atoms with van der Waals surface area (Å²) in [5.41, 5.74) is 6.75. The van der Waals surface area contributed by atoms with Gasteiger partial charge < -0.3 is 10.3 Å². The zero-order valence-electron chi connectivity index (χ0n) is 10.9. The van der Waals surface area contributed by atoms with Gasteiger partial charge in [-0.25, -0.2) is 4.98 Å². The number of imidazole rings is 1. The summed E-state index contributed by atoms with van der Waals surface area (Å²) >= 11 is 18.2. The average Bonchev–Trinajstić information content (AvgIpc) is 2.68. The van der Waals surface area contributed by atoms with Gasteiger partial charge in [0.05, 0.1) is 26.5 Å². The van der Waals surface area contributed by atoms with Crippen LogP contribution in [0.4, 0.5) is 0 Å². The number of aromatic nitrogens is 2. The molecular formula is C13H14Cl3N3O. The van der Waals surface area contributed by atoms with Crippen LogP contribution in [0.25, 0.3) is 11.0 Å². The number of halogens is 3. The van der Waals surface area contributed by atoms with E-state index in [1.165, 1.54) is 0 Å². The van der Waals surface area contributed by atoms with Crippen LogP contribution in [0.3, 0.4) is 0 Å². The number of rotatable bonds is 5. The number of nitrogens with two attached hydrogens (primary N) is 1. The molecule has 1 aromatic heterocycles. The predicted octanol–water partition coefficient (Wildman–Crippen LogP) is 3.91. The van der Waals surface area contributed by atoms with Gasteiger partial charge in [-0.1, -0.05) is 23.2 Å². The van der Waals surface area contributed by atoms with Crippen molar-refractivity contribution in [3.63, 3.8) is 0 Å². The highest BCUT2D eigenvalue weighted by atomic mass is 35.5. The van der Waals surface area contributed by atoms with Crippen LogP contribution in [0, 0.1) is 0 Å². The molecule has 4 nitrogen and oxygen atoms in total. The smallest absolute Gasteiger partial charge is 0.217 e. The van der Waals surface area contributed by atoms with Crippen LogP contribution in [-0.4, -0.2) is 15.5 Å². The minimum atomic E-state index is -0.323. The van der Waals surface area contributed by atoms with Gasteiger partial charge in [0.25, 0.3) is 0 Å². The van der Waals surface area contributed by atoms with E-state index < -0.39 is 0 Å². The van der Waals surface area contributed by atoms with Crippen LogP contribution >= 0.6 is 34.8 Å². The third-order valence-corrected chi connectivity index (χ3v) is 3.90. The summed E-state index contributed by atoms with van der Waals surface area (Å²) in [6, 6.07) is 3.48. The number of aryl methyl sites for hydroxylation is 1. The van der Waals surface area contributed by atoms with Gasteiger partial charge in [-0.3, -0.25) is 4.79 Å². The van der Waals surface area contributed by atoms with Crippen LogP contribution in [0.5, 0.6) is 0 Å². The SMILES string of the molecule is CC(Cl)c1nc2cc(Cl)c(Cl)cc2n1CCCC(N)=O. The number of fused-ring (bicyclic) bond motifs is 1. The number of amides is 1. The van der Waals surface area contributed by atoms with Crippen molar-refractivity contribution < 1.29 is 4.79 Å². The van der Waals surface area contributed by atoms with E-state index in [4.69, 9.17) is 40.5 Å². The van der Waals surface area contributed by atoms with Gasteiger partial charge in [0.2, 0.25) is 5.91 Å². The van der Waals surface area contributed by atoms with E-state index in [1.54, 1.807) is 12.1 Å². The number of nitrogens with zero attached hydrogens (tertiary/aromatic N) is 2. The summed E-state index contributed by atoms with van der Waals surface area (Å²) in [5.74, 6) is 0.403. The second kappa shape index (κ2) is 6.20. The number of hydrogen-bond donors (Lipinski definition) is 1. The highest BCUT2D eigenvalue weighted by Crippen LogP contribution is 2.31. The lowest BCUT2D eigenvalue weighted by Gasteiger charge is -2.10. The van der Waals surface area contributed by atoms with Crippen LogP contribution in [0.15, 0.2) is 12.1 Å². The average molecular weight is 335 g/mol. The molecule has 0 radical (unpaired) electrons. The largest absolute Gasteiger partial charge is 0.370 e. The fraction of sp³-hybridized carbons (Fsp3) is 0.385. The molecule has 0 fully saturated rings. The Hall–Kier alpha value is -0.970. The molecular weight excluding hydrogens is 321 g/mol. The molecule has 0 aliphatic heterocycles. The van der Waals surface area contributed by atoms with Gasteiger partial charge in [-0.15, -0.1) is 11.6 Å². The second-order valence-electron chi connectivity index (χ2n) is 4.56. The summed E-state index contributed by atoms with van der Waals surface area (Å²) in [6.07, 6.45) is 0.939. The summed E-state index contributed by atoms with van der Waals surface area (Å²) in [5, 5.41) is 0.659. The molecule has 1 aromatic carbocycles. The molecule has 0 aliphatic rings. The summed E-state index contributed by atoms with van der Waals surface area (Å²) in [4.78, 5) is 15.3. The normalized spacial score (nSPS) is 12.8. The zero-order valence-corrected chi connectivity index (χ0v) is 13.1. The van der Waals surface area contributed by atoms with Crippen molar-refractivity contribution in [1.29, 1.82) is 0 Å². The first-order valence-electron chi connectivity index (χ1n) is 6.17. The van der Waals surface area contributed by atoms with Crippen molar-refractivity contribution in [2.24, 2.45) is 5.73 Å². The Morgan fingerprint density at radius 1 is 1.40 bits per heavy atom. The topological polar surface area (TPSA) is 60.9 Å². The molecule has 2 N–H and O–H groups in total. The van der Waals surface area contributed by atoms with Gasteiger partial charge in [0.1, 0.15) is 5.82 Å². The van der Waals surface area contributed by atoms with E-state index in [0.717, 1.165) is 16.9 Å². The van der Waals surface area contributed by atoms with Crippen LogP contribution in [-0.2, 0) is 11.3 Å². The number of carbonyl (C=O) groups excluding carboxylic acids is 1. The monoisotopic (exact) mass is 333 g/mol. The highest BCUT2D eigenvalue weighted by molar-refractivity contribution is 6.42. The summed E-state index contributed by atoms with van der Waals surface area (Å²) in [6.45, 7) is 2.44. The molecule has 20 heavy (non-hydrogen) atoms. The van der Waals surface area contributed by atoms with E-state index in [2.05, 4.69) is 4.98 Å². The van der Waals surface area contributed by atoms with Crippen LogP contribution in [0.2, 0.25) is 10.0 Å². The summed E-state index contributed by atoms with van der Waals surface area (Å²) in [7, 11) is 0. The Kier molecular flexibility index (Phi) is 4.78. The molecule has 2 rings (SSSR count). The van der Waals surface area contributed by atoms with Crippen molar-refractivity contribution in [2.75, 3.05) is 0 Å². The van der Waals surface area contributed by atoms with E-state index >= 15 is 0 Å². The van der Waals surface area contributed by atoms with E-state index in [9.17, 15) is 4.79 Å². The Bertz CT molecular complexity index is 652. The third kappa shape index (κ3) is 3.19. The fourth-order valence-corrected chi connectivity index (χ4v) is 2.57. The number of alkyl halides is 1. The fourth-order valence-electron chi connectivity index (χ4n) is 2.09. The predicted molar refractivity (Wildman–Crippen MR) is 82.4 cm³/mol. The molecule has 0 aliphatic carbocycles. The number of hydrogen-bond acceptors (Lipinski definition) is 2. The molecule has 108 valence electrons. The molecule has 1 unspecified atom stereocenters. The van der Waals surface area contributed by atoms with Crippen molar-refractivity contribution >= 4 is 51.7 Å². The van der Waals surface area contributed by atoms with Gasteiger partial charge in [0, 0.05) is 13.0 Å². The number of primary amides is 1. The van der Waals surface area contributed by atoms with Crippen LogP contribution in [0.1, 0.15) is 31.0 Å². The zero-order chi connectivity index (χ0) is 14.9. The van der Waals surface area contributed by atoms with E-state index in [-0.39, 0.29) is 11.3 Å². The third-order valence-electron chi connectivity index (χ3n) is 2.98. The molecule has 7 heteroatoms. The van der Waals surface area contributed by atoms with Crippen LogP contribution < -0.4 is 5.73 Å². The van der Waals surface area contributed by atoms with Crippen molar-refractivity contribution in [3.8, 4) is 0 Å². The molecule has 0 saturated carbocycles. The molecule has 1 atom stereocenters. The maximum atomic E-state index is 10.8. The van der Waals surface area contributed by atoms with E-state index in [1.807, 2.05) is 11.5 Å². The first-order valence-corrected chi connectivity index (χ1v) is 7.37. The maximum absolute atomic E-state index is 10.8. The molecule has 0 saturated heterocycles. The molecule has 2 aromatic rings. The van der Waals surface area contributed by atoms with Gasteiger partial charge in [-0.2, -0.15) is 0 Å². The Balaban J connectivity index is 2.45. The quantitative estimate of drug-likeness (QED) is 0.843. The standard InChI is InChI=1S/C13H14Cl3N3O/c1-7(14)13-18-10-5-8(15)9(16)6-11(10)19(13)4-2-3-12(17)20/h5-7H,2-4H2,1H3,(H2,17,20). The maximum Gasteiger partial charge on any atom is 0.217 e. The molecule has 1 heterocycles. The highest BCUT2D eigenvalue weighted by Gasteiger charge is 2.16. The Morgan fingerprint density at radius 3 is 2.65 bits per heavy atom.